The summed E-state index contributed by atoms with van der Waals surface area (Å²) in [6.07, 6.45) is 0.997. The van der Waals surface area contributed by atoms with Gasteiger partial charge in [-0.1, -0.05) is 30.3 Å². The third-order valence-corrected chi connectivity index (χ3v) is 4.42. The molecule has 0 radical (unpaired) electrons. The van der Waals surface area contributed by atoms with Gasteiger partial charge in [-0.3, -0.25) is 9.79 Å². The zero-order valence-corrected chi connectivity index (χ0v) is 15.8. The van der Waals surface area contributed by atoms with E-state index in [1.54, 1.807) is 7.05 Å². The van der Waals surface area contributed by atoms with Crippen LogP contribution in [0.1, 0.15) is 28.4 Å². The van der Waals surface area contributed by atoms with Crippen LogP contribution in [0.15, 0.2) is 53.5 Å². The second-order valence-corrected chi connectivity index (χ2v) is 6.42. The minimum Gasteiger partial charge on any atom is -0.488 e. The molecule has 0 saturated heterocycles. The Hall–Kier alpha value is -3.02. The number of guanidine groups is 1. The summed E-state index contributed by atoms with van der Waals surface area (Å²) >= 11 is 0. The normalized spacial score (nSPS) is 15.6. The lowest BCUT2D eigenvalue weighted by Gasteiger charge is -2.16. The van der Waals surface area contributed by atoms with Crippen LogP contribution in [-0.4, -0.2) is 38.1 Å². The number of benzene rings is 2. The monoisotopic (exact) mass is 366 g/mol. The largest absolute Gasteiger partial charge is 0.488 e. The van der Waals surface area contributed by atoms with E-state index in [0.717, 1.165) is 17.7 Å². The standard InChI is InChI=1S/C21H26N4O2/c1-3-23-20(26)17-9-6-7-15(11-17)13-24-21(22-2)25-14-18-12-16-8-4-5-10-19(16)27-18/h4-11,18H,3,12-14H2,1-2H3,(H,23,26)(H2,22,24,25). The van der Waals surface area contributed by atoms with Crippen LogP contribution in [-0.2, 0) is 13.0 Å². The number of hydrogen-bond donors (Lipinski definition) is 3. The van der Waals surface area contributed by atoms with Gasteiger partial charge in [0.1, 0.15) is 11.9 Å². The fraction of sp³-hybridized carbons (Fsp3) is 0.333. The number of para-hydroxylation sites is 1. The zero-order valence-electron chi connectivity index (χ0n) is 15.8. The summed E-state index contributed by atoms with van der Waals surface area (Å²) in [5.74, 6) is 1.62. The molecule has 2 aromatic rings. The Labute approximate surface area is 160 Å². The molecule has 0 saturated carbocycles. The van der Waals surface area contributed by atoms with Gasteiger partial charge in [0.2, 0.25) is 0 Å². The molecule has 1 atom stereocenters. The first-order chi connectivity index (χ1) is 13.2. The topological polar surface area (TPSA) is 74.8 Å². The lowest BCUT2D eigenvalue weighted by Crippen LogP contribution is -2.42. The summed E-state index contributed by atoms with van der Waals surface area (Å²) < 4.78 is 5.94. The molecule has 1 unspecified atom stereocenters. The van der Waals surface area contributed by atoms with Gasteiger partial charge >= 0.3 is 0 Å². The second kappa shape index (κ2) is 9.07. The van der Waals surface area contributed by atoms with E-state index in [0.29, 0.717) is 31.2 Å². The van der Waals surface area contributed by atoms with Gasteiger partial charge < -0.3 is 20.7 Å². The highest BCUT2D eigenvalue weighted by molar-refractivity contribution is 5.94. The molecule has 1 amide bonds. The molecule has 0 aromatic heterocycles. The molecule has 0 fully saturated rings. The van der Waals surface area contributed by atoms with Gasteiger partial charge in [-0.25, -0.2) is 0 Å². The lowest BCUT2D eigenvalue weighted by molar-refractivity contribution is 0.0955. The Morgan fingerprint density at radius 3 is 2.78 bits per heavy atom. The lowest BCUT2D eigenvalue weighted by atomic mass is 10.1. The van der Waals surface area contributed by atoms with Gasteiger partial charge in [0, 0.05) is 32.1 Å². The number of carbonyl (C=O) groups excluding carboxylic acids is 1. The second-order valence-electron chi connectivity index (χ2n) is 6.42. The van der Waals surface area contributed by atoms with E-state index in [2.05, 4.69) is 27.0 Å². The van der Waals surface area contributed by atoms with Crippen molar-refractivity contribution < 1.29 is 9.53 Å². The third-order valence-electron chi connectivity index (χ3n) is 4.42. The van der Waals surface area contributed by atoms with E-state index >= 15 is 0 Å². The van der Waals surface area contributed by atoms with Crippen molar-refractivity contribution in [2.75, 3.05) is 20.1 Å². The molecule has 142 valence electrons. The van der Waals surface area contributed by atoms with Crippen LogP contribution in [0.4, 0.5) is 0 Å². The van der Waals surface area contributed by atoms with Crippen molar-refractivity contribution in [1.82, 2.24) is 16.0 Å². The number of nitrogens with one attached hydrogen (secondary N) is 3. The summed E-state index contributed by atoms with van der Waals surface area (Å²) in [4.78, 5) is 16.2. The zero-order chi connectivity index (χ0) is 19.1. The number of aliphatic imine (C=N–C) groups is 1. The molecule has 6 nitrogen and oxygen atoms in total. The average molecular weight is 366 g/mol. The van der Waals surface area contributed by atoms with E-state index in [4.69, 9.17) is 4.74 Å². The molecule has 2 aromatic carbocycles. The minimum absolute atomic E-state index is 0.0557. The minimum atomic E-state index is -0.0557. The predicted molar refractivity (Wildman–Crippen MR) is 107 cm³/mol. The number of hydrogen-bond acceptors (Lipinski definition) is 3. The van der Waals surface area contributed by atoms with Gasteiger partial charge in [-0.05, 0) is 36.2 Å². The van der Waals surface area contributed by atoms with Crippen LogP contribution in [0.2, 0.25) is 0 Å². The van der Waals surface area contributed by atoms with E-state index in [1.165, 1.54) is 5.56 Å². The third kappa shape index (κ3) is 5.00. The Balaban J connectivity index is 1.49. The summed E-state index contributed by atoms with van der Waals surface area (Å²) in [5.41, 5.74) is 2.93. The molecule has 6 heteroatoms. The Morgan fingerprint density at radius 1 is 1.15 bits per heavy atom. The SMILES string of the molecule is CCNC(=O)c1cccc(CNC(=NC)NCC2Cc3ccccc3O2)c1. The quantitative estimate of drug-likeness (QED) is 0.541. The Morgan fingerprint density at radius 2 is 2.00 bits per heavy atom. The Kier molecular flexibility index (Phi) is 6.30. The number of fused-ring (bicyclic) bond motifs is 1. The van der Waals surface area contributed by atoms with Crippen LogP contribution in [0.5, 0.6) is 5.75 Å². The van der Waals surface area contributed by atoms with Gasteiger partial charge in [-0.15, -0.1) is 0 Å². The number of nitrogens with zero attached hydrogens (tertiary/aromatic N) is 1. The molecule has 0 spiro atoms. The van der Waals surface area contributed by atoms with Crippen molar-refractivity contribution >= 4 is 11.9 Å². The van der Waals surface area contributed by atoms with Crippen LogP contribution in [0.3, 0.4) is 0 Å². The van der Waals surface area contributed by atoms with Crippen molar-refractivity contribution in [1.29, 1.82) is 0 Å². The van der Waals surface area contributed by atoms with Crippen LogP contribution < -0.4 is 20.7 Å². The first-order valence-corrected chi connectivity index (χ1v) is 9.25. The Bertz CT molecular complexity index is 794. The van der Waals surface area contributed by atoms with Crippen molar-refractivity contribution in [3.05, 3.63) is 65.2 Å². The highest BCUT2D eigenvalue weighted by atomic mass is 16.5. The van der Waals surface area contributed by atoms with Gasteiger partial charge in [0.05, 0.1) is 6.54 Å². The molecule has 27 heavy (non-hydrogen) atoms. The summed E-state index contributed by atoms with van der Waals surface area (Å²) in [7, 11) is 1.74. The van der Waals surface area contributed by atoms with Crippen LogP contribution in [0.25, 0.3) is 0 Å². The van der Waals surface area contributed by atoms with E-state index in [9.17, 15) is 4.79 Å². The van der Waals surface area contributed by atoms with Gasteiger partial charge in [-0.2, -0.15) is 0 Å². The van der Waals surface area contributed by atoms with Gasteiger partial charge in [0.25, 0.3) is 5.91 Å². The average Bonchev–Trinajstić information content (AvgIpc) is 3.11. The molecule has 1 heterocycles. The predicted octanol–water partition coefficient (Wildman–Crippen LogP) is 2.11. The summed E-state index contributed by atoms with van der Waals surface area (Å²) in [5, 5.41) is 9.40. The highest BCUT2D eigenvalue weighted by Gasteiger charge is 2.22. The molecule has 3 rings (SSSR count). The van der Waals surface area contributed by atoms with E-state index in [-0.39, 0.29) is 12.0 Å². The maximum absolute atomic E-state index is 12.0. The first kappa shape index (κ1) is 18.8. The number of rotatable bonds is 6. The van der Waals surface area contributed by atoms with Gasteiger partial charge in [0.15, 0.2) is 5.96 Å². The van der Waals surface area contributed by atoms with Crippen molar-refractivity contribution in [2.24, 2.45) is 4.99 Å². The molecule has 0 aliphatic carbocycles. The van der Waals surface area contributed by atoms with Crippen molar-refractivity contribution in [3.63, 3.8) is 0 Å². The molecular weight excluding hydrogens is 340 g/mol. The molecule has 0 bridgehead atoms. The van der Waals surface area contributed by atoms with E-state index in [1.807, 2.05) is 49.4 Å². The smallest absolute Gasteiger partial charge is 0.251 e. The van der Waals surface area contributed by atoms with Crippen LogP contribution >= 0.6 is 0 Å². The maximum atomic E-state index is 12.0. The van der Waals surface area contributed by atoms with Crippen molar-refractivity contribution in [2.45, 2.75) is 26.0 Å². The molecular formula is C21H26N4O2. The molecule has 3 N–H and O–H groups in total. The summed E-state index contributed by atoms with van der Waals surface area (Å²) in [6.45, 7) is 3.78. The maximum Gasteiger partial charge on any atom is 0.251 e. The fourth-order valence-electron chi connectivity index (χ4n) is 3.07. The number of carbonyl (C=O) groups is 1. The fourth-order valence-corrected chi connectivity index (χ4v) is 3.07. The highest BCUT2D eigenvalue weighted by Crippen LogP contribution is 2.27. The molecule has 1 aliphatic heterocycles. The first-order valence-electron chi connectivity index (χ1n) is 9.25. The van der Waals surface area contributed by atoms with Crippen molar-refractivity contribution in [3.8, 4) is 5.75 Å². The molecule has 1 aliphatic rings. The number of amides is 1. The van der Waals surface area contributed by atoms with E-state index < -0.39 is 0 Å². The number of ether oxygens (including phenoxy) is 1. The summed E-state index contributed by atoms with van der Waals surface area (Å²) in [6, 6.07) is 15.7. The van der Waals surface area contributed by atoms with Crippen LogP contribution in [0, 0.1) is 0 Å².